The molecule has 0 saturated carbocycles. The Labute approximate surface area is 252 Å². The van der Waals surface area contributed by atoms with Crippen molar-refractivity contribution in [2.75, 3.05) is 4.90 Å². The van der Waals surface area contributed by atoms with Gasteiger partial charge in [0.1, 0.15) is 11.2 Å². The van der Waals surface area contributed by atoms with Crippen molar-refractivity contribution in [3.8, 4) is 11.1 Å². The zero-order valence-electron chi connectivity index (χ0n) is 23.2. The summed E-state index contributed by atoms with van der Waals surface area (Å²) in [7, 11) is 0. The van der Waals surface area contributed by atoms with Crippen LogP contribution in [-0.4, -0.2) is 0 Å². The summed E-state index contributed by atoms with van der Waals surface area (Å²) < 4.78 is 8.93. The molecule has 0 atom stereocenters. The second-order valence-electron chi connectivity index (χ2n) is 10.9. The lowest BCUT2D eigenvalue weighted by Gasteiger charge is -2.26. The molecule has 0 amide bonds. The Morgan fingerprint density at radius 3 is 2.07 bits per heavy atom. The van der Waals surface area contributed by atoms with Gasteiger partial charge in [0, 0.05) is 36.9 Å². The van der Waals surface area contributed by atoms with Crippen LogP contribution >= 0.6 is 11.3 Å². The fourth-order valence-corrected chi connectivity index (χ4v) is 7.80. The highest BCUT2D eigenvalue weighted by Gasteiger charge is 2.19. The third kappa shape index (κ3) is 3.79. The third-order valence-corrected chi connectivity index (χ3v) is 9.66. The molecule has 0 radical (unpaired) electrons. The molecular formula is C40H25NOS. The molecule has 0 N–H and O–H groups in total. The van der Waals surface area contributed by atoms with Crippen molar-refractivity contribution in [1.82, 2.24) is 0 Å². The van der Waals surface area contributed by atoms with Crippen LogP contribution in [0.4, 0.5) is 17.1 Å². The minimum Gasteiger partial charge on any atom is -0.456 e. The number of hydrogen-bond acceptors (Lipinski definition) is 3. The standard InChI is InChI=1S/C40H25NOS/c1-2-11-28(12-3-1)41(34-16-9-18-36-39(34)32-14-6-7-17-35(32)42-36)29-23-20-27(21-24-29)30-15-8-19-37-38(30)33-25-22-26-10-4-5-13-31(26)40(33)43-37/h1-25H. The molecule has 43 heavy (non-hydrogen) atoms. The number of furan rings is 1. The van der Waals surface area contributed by atoms with E-state index in [9.17, 15) is 0 Å². The Morgan fingerprint density at radius 1 is 0.465 bits per heavy atom. The van der Waals surface area contributed by atoms with Crippen molar-refractivity contribution >= 4 is 81.3 Å². The van der Waals surface area contributed by atoms with Crippen LogP contribution in [0.1, 0.15) is 0 Å². The van der Waals surface area contributed by atoms with Gasteiger partial charge in [-0.2, -0.15) is 0 Å². The smallest absolute Gasteiger partial charge is 0.137 e. The maximum Gasteiger partial charge on any atom is 0.137 e. The maximum absolute atomic E-state index is 6.26. The van der Waals surface area contributed by atoms with E-state index in [-0.39, 0.29) is 0 Å². The van der Waals surface area contributed by atoms with E-state index in [0.29, 0.717) is 0 Å². The van der Waals surface area contributed by atoms with E-state index in [1.807, 2.05) is 23.5 Å². The number of fused-ring (bicyclic) bond motifs is 8. The van der Waals surface area contributed by atoms with Crippen molar-refractivity contribution < 1.29 is 4.42 Å². The van der Waals surface area contributed by atoms with Gasteiger partial charge in [-0.15, -0.1) is 11.3 Å². The molecule has 0 bridgehead atoms. The predicted octanol–water partition coefficient (Wildman–Crippen LogP) is 12.2. The van der Waals surface area contributed by atoms with Gasteiger partial charge in [-0.25, -0.2) is 0 Å². The minimum absolute atomic E-state index is 0.889. The average molecular weight is 568 g/mol. The van der Waals surface area contributed by atoms with Crippen molar-refractivity contribution in [3.63, 3.8) is 0 Å². The number of benzene rings is 7. The molecule has 9 aromatic rings. The van der Waals surface area contributed by atoms with E-state index in [0.717, 1.165) is 39.0 Å². The van der Waals surface area contributed by atoms with Crippen LogP contribution in [0.3, 0.4) is 0 Å². The van der Waals surface area contributed by atoms with Crippen LogP contribution in [0.15, 0.2) is 156 Å². The van der Waals surface area contributed by atoms with Crippen LogP contribution in [0.2, 0.25) is 0 Å². The third-order valence-electron chi connectivity index (χ3n) is 8.46. The van der Waals surface area contributed by atoms with Gasteiger partial charge >= 0.3 is 0 Å². The summed E-state index contributed by atoms with van der Waals surface area (Å²) in [6.45, 7) is 0. The quantitative estimate of drug-likeness (QED) is 0.210. The Bertz CT molecular complexity index is 2450. The molecule has 3 heteroatoms. The second kappa shape index (κ2) is 9.59. The molecule has 0 unspecified atom stereocenters. The second-order valence-corrected chi connectivity index (χ2v) is 12.0. The fraction of sp³-hybridized carbons (Fsp3) is 0. The Kier molecular flexibility index (Phi) is 5.40. The van der Waals surface area contributed by atoms with Crippen LogP contribution in [0.25, 0.3) is 64.0 Å². The van der Waals surface area contributed by atoms with E-state index < -0.39 is 0 Å². The summed E-state index contributed by atoms with van der Waals surface area (Å²) in [5, 5.41) is 7.50. The highest BCUT2D eigenvalue weighted by molar-refractivity contribution is 7.26. The summed E-state index contributed by atoms with van der Waals surface area (Å²) in [5.74, 6) is 0. The molecule has 0 fully saturated rings. The van der Waals surface area contributed by atoms with Gasteiger partial charge in [0.05, 0.1) is 11.1 Å². The molecule has 202 valence electrons. The van der Waals surface area contributed by atoms with Gasteiger partial charge in [-0.1, -0.05) is 103 Å². The van der Waals surface area contributed by atoms with Crippen LogP contribution in [0.5, 0.6) is 0 Å². The number of para-hydroxylation sites is 2. The number of anilines is 3. The average Bonchev–Trinajstić information content (AvgIpc) is 3.65. The summed E-state index contributed by atoms with van der Waals surface area (Å²) in [6.07, 6.45) is 0. The molecular weight excluding hydrogens is 543 g/mol. The molecule has 2 heterocycles. The predicted molar refractivity (Wildman–Crippen MR) is 184 cm³/mol. The van der Waals surface area contributed by atoms with E-state index in [1.165, 1.54) is 42.1 Å². The van der Waals surface area contributed by atoms with Crippen molar-refractivity contribution in [1.29, 1.82) is 0 Å². The van der Waals surface area contributed by atoms with Crippen LogP contribution in [-0.2, 0) is 0 Å². The van der Waals surface area contributed by atoms with Gasteiger partial charge < -0.3 is 9.32 Å². The Balaban J connectivity index is 1.22. The lowest BCUT2D eigenvalue weighted by atomic mass is 9.98. The zero-order chi connectivity index (χ0) is 28.3. The van der Waals surface area contributed by atoms with Crippen molar-refractivity contribution in [2.45, 2.75) is 0 Å². The first-order valence-corrected chi connectivity index (χ1v) is 15.3. The monoisotopic (exact) mass is 567 g/mol. The lowest BCUT2D eigenvalue weighted by molar-refractivity contribution is 0.669. The van der Waals surface area contributed by atoms with Crippen LogP contribution < -0.4 is 4.90 Å². The molecule has 9 rings (SSSR count). The van der Waals surface area contributed by atoms with E-state index in [2.05, 4.69) is 144 Å². The molecule has 0 saturated heterocycles. The molecule has 0 aliphatic rings. The number of nitrogens with zero attached hydrogens (tertiary/aromatic N) is 1. The number of rotatable bonds is 4. The highest BCUT2D eigenvalue weighted by Crippen LogP contribution is 2.45. The van der Waals surface area contributed by atoms with Crippen molar-refractivity contribution in [2.24, 2.45) is 0 Å². The fourth-order valence-electron chi connectivity index (χ4n) is 6.53. The molecule has 0 aliphatic carbocycles. The normalized spacial score (nSPS) is 11.7. The Morgan fingerprint density at radius 2 is 1.19 bits per heavy atom. The van der Waals surface area contributed by atoms with E-state index in [4.69, 9.17) is 4.42 Å². The summed E-state index contributed by atoms with van der Waals surface area (Å²) >= 11 is 1.89. The van der Waals surface area contributed by atoms with Gasteiger partial charge in [0.25, 0.3) is 0 Å². The van der Waals surface area contributed by atoms with Crippen LogP contribution in [0, 0.1) is 0 Å². The summed E-state index contributed by atoms with van der Waals surface area (Å²) in [5.41, 5.74) is 7.56. The first kappa shape index (κ1) is 24.2. The first-order valence-electron chi connectivity index (χ1n) is 14.5. The van der Waals surface area contributed by atoms with E-state index >= 15 is 0 Å². The van der Waals surface area contributed by atoms with Gasteiger partial charge in [0.2, 0.25) is 0 Å². The Hall–Kier alpha value is -5.38. The summed E-state index contributed by atoms with van der Waals surface area (Å²) in [4.78, 5) is 2.33. The maximum atomic E-state index is 6.26. The lowest BCUT2D eigenvalue weighted by Crippen LogP contribution is -2.10. The molecule has 7 aromatic carbocycles. The summed E-state index contributed by atoms with van der Waals surface area (Å²) in [6, 6.07) is 54.1. The molecule has 2 aromatic heterocycles. The minimum atomic E-state index is 0.889. The SMILES string of the molecule is c1ccc(N(c2ccc(-c3cccc4sc5c6ccccc6ccc5c34)cc2)c2cccc3oc4ccccc4c23)cc1. The number of hydrogen-bond donors (Lipinski definition) is 0. The van der Waals surface area contributed by atoms with Gasteiger partial charge in [-0.05, 0) is 70.4 Å². The largest absolute Gasteiger partial charge is 0.456 e. The number of thiophene rings is 1. The van der Waals surface area contributed by atoms with Gasteiger partial charge in [0.15, 0.2) is 0 Å². The molecule has 0 aliphatic heterocycles. The highest BCUT2D eigenvalue weighted by atomic mass is 32.1. The molecule has 2 nitrogen and oxygen atoms in total. The first-order chi connectivity index (χ1) is 21.3. The topological polar surface area (TPSA) is 16.4 Å². The van der Waals surface area contributed by atoms with E-state index in [1.54, 1.807) is 0 Å². The van der Waals surface area contributed by atoms with Crippen molar-refractivity contribution in [3.05, 3.63) is 152 Å². The van der Waals surface area contributed by atoms with Gasteiger partial charge in [-0.3, -0.25) is 0 Å². The zero-order valence-corrected chi connectivity index (χ0v) is 24.0. The molecule has 0 spiro atoms.